The first-order valence-corrected chi connectivity index (χ1v) is 4.79. The van der Waals surface area contributed by atoms with Crippen LogP contribution in [0, 0.1) is 0 Å². The van der Waals surface area contributed by atoms with Crippen LogP contribution >= 0.6 is 0 Å². The molecule has 0 fully saturated rings. The topological polar surface area (TPSA) is 69.0 Å². The summed E-state index contributed by atoms with van der Waals surface area (Å²) in [5, 5.41) is 7.27. The molecule has 0 aromatic carbocycles. The van der Waals surface area contributed by atoms with Crippen molar-refractivity contribution in [3.63, 3.8) is 0 Å². The van der Waals surface area contributed by atoms with Gasteiger partial charge in [-0.25, -0.2) is 0 Å². The van der Waals surface area contributed by atoms with Crippen molar-refractivity contribution in [2.24, 2.45) is 12.8 Å². The molecule has 15 heavy (non-hydrogen) atoms. The van der Waals surface area contributed by atoms with E-state index in [4.69, 9.17) is 10.2 Å². The Morgan fingerprint density at radius 1 is 1.40 bits per heavy atom. The lowest BCUT2D eigenvalue weighted by Crippen LogP contribution is -2.03. The Morgan fingerprint density at radius 3 is 2.80 bits per heavy atom. The first-order valence-electron chi connectivity index (χ1n) is 4.79. The minimum atomic E-state index is 0.436. The zero-order valence-corrected chi connectivity index (χ0v) is 8.60. The Kier molecular flexibility index (Phi) is 2.73. The third-order valence-electron chi connectivity index (χ3n) is 2.18. The fourth-order valence-electron chi connectivity index (χ4n) is 1.35. The molecule has 0 aliphatic heterocycles. The maximum Gasteiger partial charge on any atom is 0.124 e. The molecule has 0 aliphatic carbocycles. The van der Waals surface area contributed by atoms with E-state index in [1.54, 1.807) is 10.9 Å². The highest BCUT2D eigenvalue weighted by molar-refractivity contribution is 5.33. The molecule has 0 unspecified atom stereocenters. The van der Waals surface area contributed by atoms with Gasteiger partial charge in [-0.15, -0.1) is 0 Å². The summed E-state index contributed by atoms with van der Waals surface area (Å²) in [5.74, 6) is 2.63. The lowest BCUT2D eigenvalue weighted by atomic mass is 10.4. The number of furan rings is 1. The van der Waals surface area contributed by atoms with E-state index in [0.29, 0.717) is 13.1 Å². The molecule has 0 bridgehead atoms. The lowest BCUT2D eigenvalue weighted by molar-refractivity contribution is 0.472. The average molecular weight is 206 g/mol. The summed E-state index contributed by atoms with van der Waals surface area (Å²) in [4.78, 5) is 0. The zero-order valence-electron chi connectivity index (χ0n) is 8.60. The van der Waals surface area contributed by atoms with E-state index in [-0.39, 0.29) is 0 Å². The average Bonchev–Trinajstić information content (AvgIpc) is 2.84. The van der Waals surface area contributed by atoms with E-state index < -0.39 is 0 Å². The number of aromatic nitrogens is 2. The van der Waals surface area contributed by atoms with Gasteiger partial charge in [0, 0.05) is 13.1 Å². The molecule has 2 heterocycles. The van der Waals surface area contributed by atoms with Gasteiger partial charge in [0.2, 0.25) is 0 Å². The number of rotatable bonds is 4. The van der Waals surface area contributed by atoms with Gasteiger partial charge in [0.15, 0.2) is 0 Å². The summed E-state index contributed by atoms with van der Waals surface area (Å²) in [6, 6.07) is 5.72. The molecular weight excluding hydrogens is 192 g/mol. The number of nitrogens with one attached hydrogen (secondary N) is 1. The van der Waals surface area contributed by atoms with E-state index in [2.05, 4.69) is 10.4 Å². The second-order valence-electron chi connectivity index (χ2n) is 3.27. The predicted octanol–water partition coefficient (Wildman–Crippen LogP) is 1.08. The highest BCUT2D eigenvalue weighted by Gasteiger charge is 2.01. The molecular formula is C10H14N4O. The first-order chi connectivity index (χ1) is 7.29. The Bertz CT molecular complexity index is 432. The van der Waals surface area contributed by atoms with E-state index in [1.165, 1.54) is 0 Å². The van der Waals surface area contributed by atoms with Crippen molar-refractivity contribution in [3.05, 3.63) is 35.9 Å². The van der Waals surface area contributed by atoms with Gasteiger partial charge < -0.3 is 15.5 Å². The molecule has 0 atom stereocenters. The van der Waals surface area contributed by atoms with Crippen molar-refractivity contribution >= 4 is 5.82 Å². The van der Waals surface area contributed by atoms with Crippen LogP contribution in [-0.4, -0.2) is 9.78 Å². The second kappa shape index (κ2) is 4.18. The number of aryl methyl sites for hydroxylation is 1. The van der Waals surface area contributed by atoms with Crippen LogP contribution in [0.15, 0.2) is 28.8 Å². The Morgan fingerprint density at radius 2 is 2.20 bits per heavy atom. The van der Waals surface area contributed by atoms with E-state index in [1.807, 2.05) is 25.2 Å². The molecule has 2 rings (SSSR count). The van der Waals surface area contributed by atoms with Crippen LogP contribution in [0.1, 0.15) is 11.5 Å². The third-order valence-corrected chi connectivity index (χ3v) is 2.18. The number of hydrogen-bond acceptors (Lipinski definition) is 4. The van der Waals surface area contributed by atoms with Crippen LogP contribution < -0.4 is 11.1 Å². The Balaban J connectivity index is 1.96. The van der Waals surface area contributed by atoms with Gasteiger partial charge in [-0.3, -0.25) is 4.68 Å². The number of nitrogens with zero attached hydrogens (tertiary/aromatic N) is 2. The second-order valence-corrected chi connectivity index (χ2v) is 3.27. The minimum absolute atomic E-state index is 0.436. The SMILES string of the molecule is Cn1nccc1NCc1ccc(CN)o1. The van der Waals surface area contributed by atoms with Crippen LogP contribution in [0.4, 0.5) is 5.82 Å². The van der Waals surface area contributed by atoms with Gasteiger partial charge >= 0.3 is 0 Å². The minimum Gasteiger partial charge on any atom is -0.463 e. The molecule has 5 nitrogen and oxygen atoms in total. The molecule has 5 heteroatoms. The van der Waals surface area contributed by atoms with Gasteiger partial charge in [-0.05, 0) is 12.1 Å². The van der Waals surface area contributed by atoms with Crippen molar-refractivity contribution in [2.45, 2.75) is 13.1 Å². The van der Waals surface area contributed by atoms with Crippen LogP contribution in [0.3, 0.4) is 0 Å². The fraction of sp³-hybridized carbons (Fsp3) is 0.300. The quantitative estimate of drug-likeness (QED) is 0.785. The van der Waals surface area contributed by atoms with Gasteiger partial charge in [0.25, 0.3) is 0 Å². The van der Waals surface area contributed by atoms with Crippen molar-refractivity contribution in [2.75, 3.05) is 5.32 Å². The molecule has 80 valence electrons. The standard InChI is InChI=1S/C10H14N4O/c1-14-10(4-5-13-14)12-7-9-3-2-8(6-11)15-9/h2-5,12H,6-7,11H2,1H3. The van der Waals surface area contributed by atoms with E-state index in [0.717, 1.165) is 17.3 Å². The summed E-state index contributed by atoms with van der Waals surface area (Å²) >= 11 is 0. The largest absolute Gasteiger partial charge is 0.463 e. The molecule has 0 aliphatic rings. The van der Waals surface area contributed by atoms with Crippen LogP contribution in [0.5, 0.6) is 0 Å². The van der Waals surface area contributed by atoms with Gasteiger partial charge in [-0.2, -0.15) is 5.10 Å². The van der Waals surface area contributed by atoms with Crippen LogP contribution in [0.25, 0.3) is 0 Å². The maximum atomic E-state index is 5.45. The van der Waals surface area contributed by atoms with Gasteiger partial charge in [0.05, 0.1) is 19.3 Å². The maximum absolute atomic E-state index is 5.45. The molecule has 2 aromatic heterocycles. The molecule has 0 saturated heterocycles. The zero-order chi connectivity index (χ0) is 10.7. The summed E-state index contributed by atoms with van der Waals surface area (Å²) in [5.41, 5.74) is 5.45. The normalized spacial score (nSPS) is 10.5. The smallest absolute Gasteiger partial charge is 0.124 e. The molecule has 0 spiro atoms. The highest BCUT2D eigenvalue weighted by Crippen LogP contribution is 2.10. The monoisotopic (exact) mass is 206 g/mol. The summed E-state index contributed by atoms with van der Waals surface area (Å²) in [6.07, 6.45) is 1.75. The summed E-state index contributed by atoms with van der Waals surface area (Å²) in [7, 11) is 1.88. The van der Waals surface area contributed by atoms with Gasteiger partial charge in [0.1, 0.15) is 17.3 Å². The Labute approximate surface area is 87.9 Å². The van der Waals surface area contributed by atoms with E-state index in [9.17, 15) is 0 Å². The fourth-order valence-corrected chi connectivity index (χ4v) is 1.35. The van der Waals surface area contributed by atoms with Crippen molar-refractivity contribution in [3.8, 4) is 0 Å². The van der Waals surface area contributed by atoms with Crippen LogP contribution in [0.2, 0.25) is 0 Å². The van der Waals surface area contributed by atoms with Crippen molar-refractivity contribution in [1.82, 2.24) is 9.78 Å². The first kappa shape index (κ1) is 9.79. The Hall–Kier alpha value is -1.75. The summed E-state index contributed by atoms with van der Waals surface area (Å²) in [6.45, 7) is 1.07. The molecule has 3 N–H and O–H groups in total. The van der Waals surface area contributed by atoms with Crippen LogP contribution in [-0.2, 0) is 20.1 Å². The van der Waals surface area contributed by atoms with Gasteiger partial charge in [-0.1, -0.05) is 0 Å². The van der Waals surface area contributed by atoms with Crippen molar-refractivity contribution in [1.29, 1.82) is 0 Å². The predicted molar refractivity (Wildman–Crippen MR) is 57.1 cm³/mol. The number of nitrogens with two attached hydrogens (primary N) is 1. The van der Waals surface area contributed by atoms with Crippen molar-refractivity contribution < 1.29 is 4.42 Å². The molecule has 0 saturated carbocycles. The lowest BCUT2D eigenvalue weighted by Gasteiger charge is -2.03. The highest BCUT2D eigenvalue weighted by atomic mass is 16.3. The van der Waals surface area contributed by atoms with E-state index >= 15 is 0 Å². The number of anilines is 1. The molecule has 2 aromatic rings. The number of hydrogen-bond donors (Lipinski definition) is 2. The molecule has 0 radical (unpaired) electrons. The summed E-state index contributed by atoms with van der Waals surface area (Å²) < 4.78 is 7.22. The molecule has 0 amide bonds. The third kappa shape index (κ3) is 2.19.